The summed E-state index contributed by atoms with van der Waals surface area (Å²) in [6.07, 6.45) is 4.40. The van der Waals surface area contributed by atoms with Crippen molar-refractivity contribution in [3.63, 3.8) is 0 Å². The molecule has 0 nitrogen and oxygen atoms in total. The van der Waals surface area contributed by atoms with Crippen LogP contribution >= 0.6 is 27.5 Å². The van der Waals surface area contributed by atoms with Gasteiger partial charge in [-0.1, -0.05) is 63.9 Å². The van der Waals surface area contributed by atoms with Crippen LogP contribution in [0.3, 0.4) is 0 Å². The molecule has 0 atom stereocenters. The number of benzene rings is 2. The Bertz CT molecular complexity index is 643. The van der Waals surface area contributed by atoms with Crippen LogP contribution in [0.1, 0.15) is 22.3 Å². The van der Waals surface area contributed by atoms with Crippen LogP contribution in [-0.4, -0.2) is 5.33 Å². The first-order valence-corrected chi connectivity index (χ1v) is 7.93. The molecule has 0 aromatic heterocycles. The molecule has 0 saturated carbocycles. The van der Waals surface area contributed by atoms with Gasteiger partial charge in [-0.3, -0.25) is 0 Å². The quantitative estimate of drug-likeness (QED) is 0.624. The fourth-order valence-electron chi connectivity index (χ4n) is 2.73. The Morgan fingerprint density at radius 1 is 1.00 bits per heavy atom. The summed E-state index contributed by atoms with van der Waals surface area (Å²) in [5, 5.41) is 1.65. The van der Waals surface area contributed by atoms with Crippen molar-refractivity contribution >= 4 is 33.1 Å². The van der Waals surface area contributed by atoms with Crippen molar-refractivity contribution in [2.24, 2.45) is 0 Å². The highest BCUT2D eigenvalue weighted by Gasteiger charge is 2.17. The van der Waals surface area contributed by atoms with Gasteiger partial charge in [0, 0.05) is 10.4 Å². The molecule has 0 bridgehead atoms. The molecule has 96 valence electrons. The predicted octanol–water partition coefficient (Wildman–Crippen LogP) is 5.27. The van der Waals surface area contributed by atoms with Gasteiger partial charge in [0.2, 0.25) is 0 Å². The van der Waals surface area contributed by atoms with E-state index in [0.717, 1.165) is 23.2 Å². The molecule has 1 aliphatic rings. The first kappa shape index (κ1) is 13.0. The molecule has 2 aromatic carbocycles. The molecule has 0 unspecified atom stereocenters. The Labute approximate surface area is 127 Å². The van der Waals surface area contributed by atoms with Crippen LogP contribution in [0.2, 0.25) is 5.02 Å². The molecule has 0 radical (unpaired) electrons. The number of halogens is 2. The number of rotatable bonds is 1. The number of aryl methyl sites for hydroxylation is 2. The van der Waals surface area contributed by atoms with Crippen molar-refractivity contribution < 1.29 is 0 Å². The van der Waals surface area contributed by atoms with Crippen molar-refractivity contribution in [2.75, 3.05) is 5.33 Å². The standard InChI is InChI=1S/C17H14BrCl/c18-10-9-16-15-4-2-1-3-12(15)5-6-13-7-8-14(19)11-17(13)16/h1-4,7-9,11H,5-6,10H2/b16-9+. The lowest BCUT2D eigenvalue weighted by Gasteiger charge is -2.11. The lowest BCUT2D eigenvalue weighted by molar-refractivity contribution is 0.965. The summed E-state index contributed by atoms with van der Waals surface area (Å²) in [6, 6.07) is 14.9. The summed E-state index contributed by atoms with van der Waals surface area (Å²) in [5.41, 5.74) is 6.71. The van der Waals surface area contributed by atoms with E-state index in [1.807, 2.05) is 6.07 Å². The van der Waals surface area contributed by atoms with Gasteiger partial charge in [-0.15, -0.1) is 0 Å². The molecular weight excluding hydrogens is 320 g/mol. The Balaban J connectivity index is 2.26. The van der Waals surface area contributed by atoms with E-state index in [2.05, 4.69) is 58.4 Å². The van der Waals surface area contributed by atoms with E-state index in [-0.39, 0.29) is 0 Å². The summed E-state index contributed by atoms with van der Waals surface area (Å²) in [5.74, 6) is 0. The van der Waals surface area contributed by atoms with E-state index < -0.39 is 0 Å². The Morgan fingerprint density at radius 3 is 2.53 bits per heavy atom. The minimum absolute atomic E-state index is 0.804. The van der Waals surface area contributed by atoms with Gasteiger partial charge in [-0.05, 0) is 52.8 Å². The summed E-state index contributed by atoms with van der Waals surface area (Å²) in [7, 11) is 0. The molecule has 3 rings (SSSR count). The highest BCUT2D eigenvalue weighted by Crippen LogP contribution is 2.34. The Morgan fingerprint density at radius 2 is 1.74 bits per heavy atom. The van der Waals surface area contributed by atoms with Crippen molar-refractivity contribution in [1.82, 2.24) is 0 Å². The zero-order valence-electron chi connectivity index (χ0n) is 10.5. The van der Waals surface area contributed by atoms with Crippen LogP contribution in [0, 0.1) is 0 Å². The number of fused-ring (bicyclic) bond motifs is 2. The van der Waals surface area contributed by atoms with E-state index in [1.165, 1.54) is 27.8 Å². The minimum atomic E-state index is 0.804. The average Bonchev–Trinajstić information content (AvgIpc) is 2.58. The van der Waals surface area contributed by atoms with Crippen LogP contribution in [0.15, 0.2) is 48.5 Å². The lowest BCUT2D eigenvalue weighted by atomic mass is 9.94. The van der Waals surface area contributed by atoms with Gasteiger partial charge in [0.05, 0.1) is 0 Å². The fourth-order valence-corrected chi connectivity index (χ4v) is 3.23. The van der Waals surface area contributed by atoms with Crippen LogP contribution < -0.4 is 0 Å². The van der Waals surface area contributed by atoms with Crippen molar-refractivity contribution in [1.29, 1.82) is 0 Å². The minimum Gasteiger partial charge on any atom is -0.0883 e. The van der Waals surface area contributed by atoms with E-state index in [1.54, 1.807) is 0 Å². The largest absolute Gasteiger partial charge is 0.0883 e. The molecule has 0 heterocycles. The summed E-state index contributed by atoms with van der Waals surface area (Å²) >= 11 is 9.71. The zero-order valence-corrected chi connectivity index (χ0v) is 12.8. The monoisotopic (exact) mass is 332 g/mol. The second kappa shape index (κ2) is 5.52. The van der Waals surface area contributed by atoms with Crippen molar-refractivity contribution in [3.05, 3.63) is 75.8 Å². The second-order valence-corrected chi connectivity index (χ2v) is 5.81. The average molecular weight is 334 g/mol. The van der Waals surface area contributed by atoms with Crippen LogP contribution in [0.25, 0.3) is 5.57 Å². The van der Waals surface area contributed by atoms with E-state index in [0.29, 0.717) is 0 Å². The first-order chi connectivity index (χ1) is 9.29. The van der Waals surface area contributed by atoms with E-state index >= 15 is 0 Å². The van der Waals surface area contributed by atoms with Gasteiger partial charge in [0.1, 0.15) is 0 Å². The number of hydrogen-bond donors (Lipinski definition) is 0. The predicted molar refractivity (Wildman–Crippen MR) is 86.2 cm³/mol. The highest BCUT2D eigenvalue weighted by atomic mass is 79.9. The molecule has 1 aliphatic carbocycles. The van der Waals surface area contributed by atoms with E-state index in [4.69, 9.17) is 11.6 Å². The maximum absolute atomic E-state index is 6.18. The van der Waals surface area contributed by atoms with Gasteiger partial charge in [0.15, 0.2) is 0 Å². The molecule has 0 spiro atoms. The highest BCUT2D eigenvalue weighted by molar-refractivity contribution is 9.09. The van der Waals surface area contributed by atoms with E-state index in [9.17, 15) is 0 Å². The first-order valence-electron chi connectivity index (χ1n) is 6.43. The Kier molecular flexibility index (Phi) is 3.76. The summed E-state index contributed by atoms with van der Waals surface area (Å²) < 4.78 is 0. The van der Waals surface area contributed by atoms with Crippen molar-refractivity contribution in [2.45, 2.75) is 12.8 Å². The maximum Gasteiger partial charge on any atom is 0.0412 e. The molecule has 0 N–H and O–H groups in total. The third-order valence-electron chi connectivity index (χ3n) is 3.61. The third-order valence-corrected chi connectivity index (χ3v) is 4.17. The summed E-state index contributed by atoms with van der Waals surface area (Å²) in [6.45, 7) is 0. The fraction of sp³-hybridized carbons (Fsp3) is 0.176. The number of alkyl halides is 1. The van der Waals surface area contributed by atoms with Crippen LogP contribution in [0.5, 0.6) is 0 Å². The number of allylic oxidation sites excluding steroid dienone is 1. The molecule has 0 amide bonds. The zero-order chi connectivity index (χ0) is 13.2. The molecule has 19 heavy (non-hydrogen) atoms. The smallest absolute Gasteiger partial charge is 0.0412 e. The van der Waals surface area contributed by atoms with Gasteiger partial charge >= 0.3 is 0 Å². The second-order valence-electron chi connectivity index (χ2n) is 4.73. The lowest BCUT2D eigenvalue weighted by Crippen LogP contribution is -1.92. The van der Waals surface area contributed by atoms with Gasteiger partial charge in [0.25, 0.3) is 0 Å². The molecule has 0 fully saturated rings. The van der Waals surface area contributed by atoms with Crippen LogP contribution in [-0.2, 0) is 12.8 Å². The normalized spacial score (nSPS) is 15.8. The SMILES string of the molecule is Clc1ccc2c(c1)/C(=C/CBr)c1ccccc1CC2. The van der Waals surface area contributed by atoms with Crippen LogP contribution in [0.4, 0.5) is 0 Å². The topological polar surface area (TPSA) is 0 Å². The van der Waals surface area contributed by atoms with Gasteiger partial charge in [-0.2, -0.15) is 0 Å². The molecule has 2 heteroatoms. The van der Waals surface area contributed by atoms with Crippen molar-refractivity contribution in [3.8, 4) is 0 Å². The van der Waals surface area contributed by atoms with Gasteiger partial charge in [-0.25, -0.2) is 0 Å². The molecular formula is C17H14BrCl. The number of hydrogen-bond acceptors (Lipinski definition) is 0. The third kappa shape index (κ3) is 2.50. The molecule has 2 aromatic rings. The Hall–Kier alpha value is -1.05. The van der Waals surface area contributed by atoms with Gasteiger partial charge < -0.3 is 0 Å². The summed E-state index contributed by atoms with van der Waals surface area (Å²) in [4.78, 5) is 0. The maximum atomic E-state index is 6.18. The molecule has 0 saturated heterocycles. The molecule has 0 aliphatic heterocycles.